The van der Waals surface area contributed by atoms with Crippen LogP contribution in [0.5, 0.6) is 0 Å². The molecule has 158 valence electrons. The van der Waals surface area contributed by atoms with Crippen LogP contribution in [0.2, 0.25) is 0 Å². The van der Waals surface area contributed by atoms with Gasteiger partial charge >= 0.3 is 0 Å². The molecule has 1 atom stereocenters. The first kappa shape index (κ1) is 21.7. The van der Waals surface area contributed by atoms with Gasteiger partial charge < -0.3 is 10.2 Å². The van der Waals surface area contributed by atoms with Crippen LogP contribution in [-0.4, -0.2) is 62.8 Å². The third-order valence-electron chi connectivity index (χ3n) is 6.13. The summed E-state index contributed by atoms with van der Waals surface area (Å²) >= 11 is 1.26. The minimum atomic E-state index is -3.37. The highest BCUT2D eigenvalue weighted by atomic mass is 32.2. The Morgan fingerprint density at radius 2 is 1.86 bits per heavy atom. The van der Waals surface area contributed by atoms with Gasteiger partial charge in [0.05, 0.1) is 0 Å². The summed E-state index contributed by atoms with van der Waals surface area (Å²) in [5.41, 5.74) is 0. The third-order valence-corrected chi connectivity index (χ3v) is 9.41. The lowest BCUT2D eigenvalue weighted by Gasteiger charge is -2.33. The molecule has 3 rings (SSSR count). The van der Waals surface area contributed by atoms with E-state index in [0.29, 0.717) is 23.8 Å². The molecule has 0 spiro atoms. The molecule has 0 radical (unpaired) electrons. The van der Waals surface area contributed by atoms with Crippen molar-refractivity contribution in [2.24, 2.45) is 11.8 Å². The summed E-state index contributed by atoms with van der Waals surface area (Å²) < 4.78 is 27.2. The number of nitrogens with zero attached hydrogens (tertiary/aromatic N) is 2. The topological polar surface area (TPSA) is 69.7 Å². The predicted molar refractivity (Wildman–Crippen MR) is 113 cm³/mol. The zero-order valence-corrected chi connectivity index (χ0v) is 18.4. The van der Waals surface area contributed by atoms with Crippen LogP contribution in [0.4, 0.5) is 0 Å². The van der Waals surface area contributed by atoms with Crippen molar-refractivity contribution in [1.29, 1.82) is 0 Å². The molecule has 2 saturated heterocycles. The SMILES string of the molecule is CC(C(=O)NCCN1CCCCCC1)C1CCN(S(=O)(=O)c2cccs2)CC1. The number of piperidine rings is 1. The van der Waals surface area contributed by atoms with E-state index in [4.69, 9.17) is 0 Å². The van der Waals surface area contributed by atoms with Crippen molar-refractivity contribution in [3.63, 3.8) is 0 Å². The van der Waals surface area contributed by atoms with E-state index in [9.17, 15) is 13.2 Å². The fraction of sp³-hybridized carbons (Fsp3) is 0.750. The minimum Gasteiger partial charge on any atom is -0.355 e. The number of carbonyl (C=O) groups is 1. The second kappa shape index (κ2) is 10.2. The number of nitrogens with one attached hydrogen (secondary N) is 1. The van der Waals surface area contributed by atoms with E-state index in [-0.39, 0.29) is 17.7 Å². The van der Waals surface area contributed by atoms with Gasteiger partial charge in [-0.15, -0.1) is 11.3 Å². The molecule has 0 bridgehead atoms. The molecule has 6 nitrogen and oxygen atoms in total. The highest BCUT2D eigenvalue weighted by molar-refractivity contribution is 7.91. The molecule has 0 aromatic carbocycles. The van der Waals surface area contributed by atoms with Crippen molar-refractivity contribution in [3.05, 3.63) is 17.5 Å². The maximum absolute atomic E-state index is 12.6. The Kier molecular flexibility index (Phi) is 7.91. The van der Waals surface area contributed by atoms with Crippen LogP contribution in [0.3, 0.4) is 0 Å². The maximum Gasteiger partial charge on any atom is 0.252 e. The summed E-state index contributed by atoms with van der Waals surface area (Å²) in [5.74, 6) is 0.276. The van der Waals surface area contributed by atoms with E-state index in [1.54, 1.807) is 21.8 Å². The molecule has 2 fully saturated rings. The van der Waals surface area contributed by atoms with E-state index >= 15 is 0 Å². The first-order chi connectivity index (χ1) is 13.5. The zero-order valence-electron chi connectivity index (χ0n) is 16.8. The number of sulfonamides is 1. The Bertz CT molecular complexity index is 705. The van der Waals surface area contributed by atoms with Crippen LogP contribution in [0, 0.1) is 11.8 Å². The van der Waals surface area contributed by atoms with Gasteiger partial charge in [0.2, 0.25) is 5.91 Å². The number of thiophene rings is 1. The average Bonchev–Trinajstić information content (AvgIpc) is 3.14. The van der Waals surface area contributed by atoms with E-state index in [2.05, 4.69) is 10.2 Å². The van der Waals surface area contributed by atoms with Crippen molar-refractivity contribution in [1.82, 2.24) is 14.5 Å². The fourth-order valence-corrected chi connectivity index (χ4v) is 6.84. The molecule has 3 heterocycles. The fourth-order valence-electron chi connectivity index (χ4n) is 4.23. The molecule has 0 aliphatic carbocycles. The van der Waals surface area contributed by atoms with Gasteiger partial charge in [0.1, 0.15) is 4.21 Å². The second-order valence-electron chi connectivity index (χ2n) is 8.01. The normalized spacial score (nSPS) is 21.9. The van der Waals surface area contributed by atoms with Crippen LogP contribution in [0.15, 0.2) is 21.7 Å². The first-order valence-electron chi connectivity index (χ1n) is 10.5. The summed E-state index contributed by atoms with van der Waals surface area (Å²) in [6, 6.07) is 3.43. The number of hydrogen-bond donors (Lipinski definition) is 1. The smallest absolute Gasteiger partial charge is 0.252 e. The molecule has 1 N–H and O–H groups in total. The van der Waals surface area contributed by atoms with Crippen LogP contribution in [-0.2, 0) is 14.8 Å². The Labute approximate surface area is 173 Å². The third kappa shape index (κ3) is 5.55. The molecule has 1 amide bonds. The average molecular weight is 428 g/mol. The van der Waals surface area contributed by atoms with Crippen LogP contribution < -0.4 is 5.32 Å². The summed E-state index contributed by atoms with van der Waals surface area (Å²) in [5, 5.41) is 4.89. The van der Waals surface area contributed by atoms with E-state index in [0.717, 1.165) is 32.5 Å². The molecule has 2 aliphatic heterocycles. The quantitative estimate of drug-likeness (QED) is 0.726. The van der Waals surface area contributed by atoms with Gasteiger partial charge in [-0.25, -0.2) is 8.42 Å². The summed E-state index contributed by atoms with van der Waals surface area (Å²) in [6.45, 7) is 6.89. The highest BCUT2D eigenvalue weighted by Crippen LogP contribution is 2.29. The lowest BCUT2D eigenvalue weighted by Crippen LogP contribution is -2.43. The van der Waals surface area contributed by atoms with Gasteiger partial charge in [0, 0.05) is 32.1 Å². The Balaban J connectivity index is 1.41. The summed E-state index contributed by atoms with van der Waals surface area (Å²) in [6.07, 6.45) is 6.65. The van der Waals surface area contributed by atoms with Gasteiger partial charge in [-0.05, 0) is 56.1 Å². The summed E-state index contributed by atoms with van der Waals surface area (Å²) in [4.78, 5) is 15.0. The molecule has 1 aromatic heterocycles. The van der Waals surface area contributed by atoms with Crippen LogP contribution in [0.25, 0.3) is 0 Å². The number of rotatable bonds is 7. The molecule has 1 aromatic rings. The number of hydrogen-bond acceptors (Lipinski definition) is 5. The Morgan fingerprint density at radius 3 is 2.46 bits per heavy atom. The molecule has 8 heteroatoms. The van der Waals surface area contributed by atoms with Crippen molar-refractivity contribution in [2.75, 3.05) is 39.3 Å². The van der Waals surface area contributed by atoms with Gasteiger partial charge in [-0.3, -0.25) is 4.79 Å². The largest absolute Gasteiger partial charge is 0.355 e. The van der Waals surface area contributed by atoms with E-state index < -0.39 is 10.0 Å². The number of carbonyl (C=O) groups excluding carboxylic acids is 1. The monoisotopic (exact) mass is 427 g/mol. The molecule has 2 aliphatic rings. The molecule has 1 unspecified atom stereocenters. The van der Waals surface area contributed by atoms with Crippen molar-refractivity contribution in [2.45, 2.75) is 49.7 Å². The lowest BCUT2D eigenvalue weighted by atomic mass is 9.85. The second-order valence-corrected chi connectivity index (χ2v) is 11.1. The first-order valence-corrected chi connectivity index (χ1v) is 12.8. The molecule has 28 heavy (non-hydrogen) atoms. The van der Waals surface area contributed by atoms with E-state index in [1.165, 1.54) is 37.0 Å². The van der Waals surface area contributed by atoms with Gasteiger partial charge in [-0.1, -0.05) is 25.8 Å². The van der Waals surface area contributed by atoms with Gasteiger partial charge in [0.25, 0.3) is 10.0 Å². The summed E-state index contributed by atoms with van der Waals surface area (Å²) in [7, 11) is -3.37. The zero-order chi connectivity index (χ0) is 20.0. The van der Waals surface area contributed by atoms with Gasteiger partial charge in [0.15, 0.2) is 0 Å². The minimum absolute atomic E-state index is 0.0734. The maximum atomic E-state index is 12.6. The van der Waals surface area contributed by atoms with Gasteiger partial charge in [-0.2, -0.15) is 4.31 Å². The Hall–Kier alpha value is -0.960. The highest BCUT2D eigenvalue weighted by Gasteiger charge is 2.33. The van der Waals surface area contributed by atoms with Crippen molar-refractivity contribution in [3.8, 4) is 0 Å². The molecule has 0 saturated carbocycles. The number of amides is 1. The van der Waals surface area contributed by atoms with Crippen molar-refractivity contribution >= 4 is 27.3 Å². The predicted octanol–water partition coefficient (Wildman–Crippen LogP) is 2.78. The standard InChI is InChI=1S/C20H33N3O3S2/c1-17(20(24)21-10-15-22-11-4-2-3-5-12-22)18-8-13-23(14-9-18)28(25,26)19-7-6-16-27-19/h6-7,16-18H,2-5,8-15H2,1H3,(H,21,24). The Morgan fingerprint density at radius 1 is 1.18 bits per heavy atom. The number of likely N-dealkylation sites (tertiary alicyclic amines) is 1. The van der Waals surface area contributed by atoms with E-state index in [1.807, 2.05) is 6.92 Å². The van der Waals surface area contributed by atoms with Crippen LogP contribution in [0.1, 0.15) is 45.4 Å². The molecular formula is C20H33N3O3S2. The van der Waals surface area contributed by atoms with Crippen molar-refractivity contribution < 1.29 is 13.2 Å². The molecular weight excluding hydrogens is 394 g/mol. The van der Waals surface area contributed by atoms with Crippen LogP contribution >= 0.6 is 11.3 Å². The lowest BCUT2D eigenvalue weighted by molar-refractivity contribution is -0.126.